The quantitative estimate of drug-likeness (QED) is 0.885. The number of nitrogens with two attached hydrogens (primary N) is 1. The highest BCUT2D eigenvalue weighted by molar-refractivity contribution is 7.90. The molecule has 0 bridgehead atoms. The maximum atomic E-state index is 13.7. The van der Waals surface area contributed by atoms with Crippen molar-refractivity contribution in [3.8, 4) is 0 Å². The minimum atomic E-state index is -3.72. The van der Waals surface area contributed by atoms with Gasteiger partial charge in [-0.1, -0.05) is 29.3 Å². The molecule has 2 rings (SSSR count). The number of hydrogen-bond donors (Lipinski definition) is 1. The molecule has 0 spiro atoms. The molecule has 0 radical (unpaired) electrons. The number of benzene rings is 2. The summed E-state index contributed by atoms with van der Waals surface area (Å²) >= 11 is 0. The van der Waals surface area contributed by atoms with Crippen LogP contribution in [0.25, 0.3) is 0 Å². The smallest absolute Gasteiger partial charge is 0.185 e. The lowest BCUT2D eigenvalue weighted by Crippen LogP contribution is -2.08. The van der Waals surface area contributed by atoms with Gasteiger partial charge in [-0.15, -0.1) is 0 Å². The Morgan fingerprint density at radius 2 is 1.65 bits per heavy atom. The summed E-state index contributed by atoms with van der Waals surface area (Å²) in [5.74, 6) is -1.04. The van der Waals surface area contributed by atoms with E-state index in [1.807, 2.05) is 19.9 Å². The van der Waals surface area contributed by atoms with E-state index < -0.39 is 15.7 Å². The van der Waals surface area contributed by atoms with Gasteiger partial charge in [-0.25, -0.2) is 12.8 Å². The maximum absolute atomic E-state index is 13.7. The SMILES string of the molecule is Cc1cc(C)cc(CS(=O)(=O)c2ccc(N)cc2F)c1. The van der Waals surface area contributed by atoms with E-state index in [1.54, 1.807) is 12.1 Å². The van der Waals surface area contributed by atoms with E-state index >= 15 is 0 Å². The van der Waals surface area contributed by atoms with Crippen molar-refractivity contribution in [2.24, 2.45) is 0 Å². The van der Waals surface area contributed by atoms with E-state index in [4.69, 9.17) is 5.73 Å². The zero-order valence-corrected chi connectivity index (χ0v) is 12.2. The molecule has 0 unspecified atom stereocenters. The average molecular weight is 293 g/mol. The number of anilines is 1. The number of rotatable bonds is 3. The van der Waals surface area contributed by atoms with Gasteiger partial charge in [-0.3, -0.25) is 0 Å². The van der Waals surface area contributed by atoms with Crippen molar-refractivity contribution >= 4 is 15.5 Å². The van der Waals surface area contributed by atoms with Crippen LogP contribution < -0.4 is 5.73 Å². The van der Waals surface area contributed by atoms with E-state index in [0.29, 0.717) is 5.56 Å². The van der Waals surface area contributed by atoms with Crippen LogP contribution in [-0.4, -0.2) is 8.42 Å². The van der Waals surface area contributed by atoms with E-state index in [2.05, 4.69) is 0 Å². The third-order valence-corrected chi connectivity index (χ3v) is 4.64. The zero-order chi connectivity index (χ0) is 14.9. The number of nitrogen functional groups attached to an aromatic ring is 1. The molecule has 20 heavy (non-hydrogen) atoms. The topological polar surface area (TPSA) is 60.2 Å². The van der Waals surface area contributed by atoms with Crippen molar-refractivity contribution in [2.75, 3.05) is 5.73 Å². The van der Waals surface area contributed by atoms with Crippen LogP contribution in [0.5, 0.6) is 0 Å². The molecule has 2 aromatic carbocycles. The summed E-state index contributed by atoms with van der Waals surface area (Å²) in [5, 5.41) is 0. The van der Waals surface area contributed by atoms with E-state index in [1.165, 1.54) is 12.1 Å². The fourth-order valence-corrected chi connectivity index (χ4v) is 3.61. The first-order chi connectivity index (χ1) is 9.28. The van der Waals surface area contributed by atoms with Gasteiger partial charge in [0.05, 0.1) is 5.75 Å². The van der Waals surface area contributed by atoms with Gasteiger partial charge in [0, 0.05) is 5.69 Å². The van der Waals surface area contributed by atoms with Crippen molar-refractivity contribution in [2.45, 2.75) is 24.5 Å². The highest BCUT2D eigenvalue weighted by Gasteiger charge is 2.20. The van der Waals surface area contributed by atoms with Gasteiger partial charge in [-0.05, 0) is 37.6 Å². The van der Waals surface area contributed by atoms with Gasteiger partial charge in [-0.2, -0.15) is 0 Å². The van der Waals surface area contributed by atoms with Crippen LogP contribution in [0.1, 0.15) is 16.7 Å². The molecule has 0 fully saturated rings. The standard InChI is InChI=1S/C15H16FNO2S/c1-10-5-11(2)7-12(6-10)9-20(18,19)15-4-3-13(17)8-14(15)16/h3-8H,9,17H2,1-2H3. The molecule has 0 heterocycles. The van der Waals surface area contributed by atoms with Crippen LogP contribution in [0.2, 0.25) is 0 Å². The molecule has 2 aromatic rings. The van der Waals surface area contributed by atoms with Crippen molar-refractivity contribution in [1.82, 2.24) is 0 Å². The van der Waals surface area contributed by atoms with Crippen LogP contribution in [-0.2, 0) is 15.6 Å². The molecule has 5 heteroatoms. The lowest BCUT2D eigenvalue weighted by molar-refractivity contribution is 0.567. The summed E-state index contributed by atoms with van der Waals surface area (Å²) in [6.45, 7) is 3.79. The van der Waals surface area contributed by atoms with Crippen molar-refractivity contribution in [1.29, 1.82) is 0 Å². The maximum Gasteiger partial charge on any atom is 0.185 e. The largest absolute Gasteiger partial charge is 0.399 e. The van der Waals surface area contributed by atoms with Gasteiger partial charge in [0.2, 0.25) is 0 Å². The molecule has 0 aliphatic heterocycles. The van der Waals surface area contributed by atoms with Crippen molar-refractivity contribution in [3.63, 3.8) is 0 Å². The highest BCUT2D eigenvalue weighted by atomic mass is 32.2. The molecule has 106 valence electrons. The normalized spacial score (nSPS) is 11.6. The lowest BCUT2D eigenvalue weighted by atomic mass is 10.1. The highest BCUT2D eigenvalue weighted by Crippen LogP contribution is 2.22. The Balaban J connectivity index is 2.40. The summed E-state index contributed by atoms with van der Waals surface area (Å²) in [4.78, 5) is -0.314. The monoisotopic (exact) mass is 293 g/mol. The van der Waals surface area contributed by atoms with E-state index in [-0.39, 0.29) is 16.3 Å². The first kappa shape index (κ1) is 14.5. The number of hydrogen-bond acceptors (Lipinski definition) is 3. The Morgan fingerprint density at radius 1 is 1.05 bits per heavy atom. The third-order valence-electron chi connectivity index (χ3n) is 2.93. The van der Waals surface area contributed by atoms with E-state index in [0.717, 1.165) is 17.2 Å². The van der Waals surface area contributed by atoms with Crippen molar-refractivity contribution in [3.05, 3.63) is 58.9 Å². The first-order valence-electron chi connectivity index (χ1n) is 6.13. The summed E-state index contributed by atoms with van der Waals surface area (Å²) in [6, 6.07) is 9.16. The molecular weight excluding hydrogens is 277 g/mol. The molecule has 3 nitrogen and oxygen atoms in total. The summed E-state index contributed by atoms with van der Waals surface area (Å²) in [7, 11) is -3.72. The number of sulfone groups is 1. The Hall–Kier alpha value is -1.88. The Morgan fingerprint density at radius 3 is 2.20 bits per heavy atom. The fraction of sp³-hybridized carbons (Fsp3) is 0.200. The molecule has 0 atom stereocenters. The summed E-state index contributed by atoms with van der Waals surface area (Å²) in [5.41, 5.74) is 8.24. The molecule has 0 amide bonds. The number of halogens is 1. The minimum absolute atomic E-state index is 0.202. The molecule has 0 saturated heterocycles. The average Bonchev–Trinajstić information content (AvgIpc) is 2.25. The second-order valence-corrected chi connectivity index (χ2v) is 6.90. The molecule has 0 saturated carbocycles. The minimum Gasteiger partial charge on any atom is -0.399 e. The second-order valence-electron chi connectivity index (χ2n) is 4.94. The van der Waals surface area contributed by atoms with Gasteiger partial charge in [0.25, 0.3) is 0 Å². The Kier molecular flexibility index (Phi) is 3.81. The summed E-state index contributed by atoms with van der Waals surface area (Å²) in [6.07, 6.45) is 0. The van der Waals surface area contributed by atoms with Crippen LogP contribution in [0.15, 0.2) is 41.3 Å². The molecule has 0 aliphatic carbocycles. The predicted octanol–water partition coefficient (Wildman–Crippen LogP) is 3.00. The molecular formula is C15H16FNO2S. The number of aryl methyl sites for hydroxylation is 2. The summed E-state index contributed by atoms with van der Waals surface area (Å²) < 4.78 is 38.3. The Labute approximate surface area is 118 Å². The lowest BCUT2D eigenvalue weighted by Gasteiger charge is -2.08. The molecule has 2 N–H and O–H groups in total. The van der Waals surface area contributed by atoms with Crippen molar-refractivity contribution < 1.29 is 12.8 Å². The fourth-order valence-electron chi connectivity index (χ4n) is 2.22. The van der Waals surface area contributed by atoms with E-state index in [9.17, 15) is 12.8 Å². The van der Waals surface area contributed by atoms with Crippen LogP contribution in [0, 0.1) is 19.7 Å². The first-order valence-corrected chi connectivity index (χ1v) is 7.78. The van der Waals surface area contributed by atoms with Gasteiger partial charge >= 0.3 is 0 Å². The third kappa shape index (κ3) is 3.17. The van der Waals surface area contributed by atoms with Crippen LogP contribution >= 0.6 is 0 Å². The second kappa shape index (κ2) is 5.25. The molecule has 0 aromatic heterocycles. The molecule has 0 aliphatic rings. The van der Waals surface area contributed by atoms with Crippen LogP contribution in [0.4, 0.5) is 10.1 Å². The van der Waals surface area contributed by atoms with Crippen LogP contribution in [0.3, 0.4) is 0 Å². The van der Waals surface area contributed by atoms with Gasteiger partial charge < -0.3 is 5.73 Å². The predicted molar refractivity (Wildman–Crippen MR) is 77.6 cm³/mol. The zero-order valence-electron chi connectivity index (χ0n) is 11.4. The van der Waals surface area contributed by atoms with Gasteiger partial charge in [0.15, 0.2) is 9.84 Å². The van der Waals surface area contributed by atoms with Gasteiger partial charge in [0.1, 0.15) is 10.7 Å². The Bertz CT molecular complexity index is 734.